The SMILES string of the molecule is CC1(C)O[C@@H]2O[C@H]([C@@H]3COC(C)(C)O3)[C@H](OP3OCCN3C(C)(C)C)[C@H]2O1. The molecule has 4 aliphatic heterocycles. The summed E-state index contributed by atoms with van der Waals surface area (Å²) in [6.07, 6.45) is -1.75. The first-order chi connectivity index (χ1) is 12.5. The van der Waals surface area contributed by atoms with Crippen LogP contribution in [0.1, 0.15) is 48.5 Å². The summed E-state index contributed by atoms with van der Waals surface area (Å²) in [5, 5.41) is 0. The van der Waals surface area contributed by atoms with Crippen molar-refractivity contribution in [3.05, 3.63) is 0 Å². The minimum atomic E-state index is -1.21. The second-order valence-electron chi connectivity index (χ2n) is 9.37. The second kappa shape index (κ2) is 6.83. The Bertz CT molecular complexity index is 566. The van der Waals surface area contributed by atoms with Crippen LogP contribution in [0.5, 0.6) is 0 Å². The lowest BCUT2D eigenvalue weighted by Gasteiger charge is -2.36. The quantitative estimate of drug-likeness (QED) is 0.664. The van der Waals surface area contributed by atoms with Crippen molar-refractivity contribution in [3.63, 3.8) is 0 Å². The molecule has 0 radical (unpaired) electrons. The van der Waals surface area contributed by atoms with Crippen LogP contribution in [-0.2, 0) is 32.7 Å². The van der Waals surface area contributed by atoms with Crippen LogP contribution in [0.2, 0.25) is 0 Å². The zero-order valence-corrected chi connectivity index (χ0v) is 18.2. The van der Waals surface area contributed by atoms with E-state index in [1.165, 1.54) is 0 Å². The number of hydrogen-bond acceptors (Lipinski definition) is 8. The van der Waals surface area contributed by atoms with Crippen LogP contribution in [0.4, 0.5) is 0 Å². The summed E-state index contributed by atoms with van der Waals surface area (Å²) in [4.78, 5) is 0. The highest BCUT2D eigenvalue weighted by Crippen LogP contribution is 2.55. The first-order valence-electron chi connectivity index (χ1n) is 9.65. The molecule has 8 nitrogen and oxygen atoms in total. The predicted octanol–water partition coefficient (Wildman–Crippen LogP) is 2.76. The Labute approximate surface area is 162 Å². The normalized spacial score (nSPS) is 44.1. The van der Waals surface area contributed by atoms with Gasteiger partial charge >= 0.3 is 0 Å². The van der Waals surface area contributed by atoms with E-state index in [9.17, 15) is 0 Å². The molecule has 6 atom stereocenters. The molecule has 1 unspecified atom stereocenters. The summed E-state index contributed by atoms with van der Waals surface area (Å²) in [7, 11) is -1.21. The van der Waals surface area contributed by atoms with Crippen molar-refractivity contribution in [2.24, 2.45) is 0 Å². The van der Waals surface area contributed by atoms with Crippen LogP contribution < -0.4 is 0 Å². The average Bonchev–Trinajstić information content (AvgIpc) is 3.23. The molecule has 0 aromatic rings. The van der Waals surface area contributed by atoms with Crippen LogP contribution in [0.15, 0.2) is 0 Å². The van der Waals surface area contributed by atoms with Crippen molar-refractivity contribution in [2.75, 3.05) is 19.8 Å². The molecule has 4 saturated heterocycles. The molecule has 9 heteroatoms. The lowest BCUT2D eigenvalue weighted by atomic mass is 10.1. The molecule has 0 aromatic carbocycles. The second-order valence-corrected chi connectivity index (χ2v) is 10.8. The zero-order chi connectivity index (χ0) is 19.6. The molecule has 156 valence electrons. The number of rotatable bonds is 3. The monoisotopic (exact) mass is 405 g/mol. The third-order valence-corrected chi connectivity index (χ3v) is 7.13. The van der Waals surface area contributed by atoms with Gasteiger partial charge in [0.05, 0.1) is 13.2 Å². The fraction of sp³-hybridized carbons (Fsp3) is 1.00. The molecular formula is C18H32NO7P. The van der Waals surface area contributed by atoms with E-state index in [1.807, 2.05) is 27.7 Å². The maximum atomic E-state index is 6.51. The Morgan fingerprint density at radius 3 is 2.37 bits per heavy atom. The summed E-state index contributed by atoms with van der Waals surface area (Å²) in [5.41, 5.74) is -0.0438. The van der Waals surface area contributed by atoms with Crippen molar-refractivity contribution in [2.45, 2.75) is 96.3 Å². The number of hydrogen-bond donors (Lipinski definition) is 0. The van der Waals surface area contributed by atoms with Crippen molar-refractivity contribution in [1.29, 1.82) is 0 Å². The maximum Gasteiger partial charge on any atom is 0.259 e. The van der Waals surface area contributed by atoms with Gasteiger partial charge < -0.3 is 32.7 Å². The first kappa shape index (κ1) is 20.4. The Kier molecular flexibility index (Phi) is 5.15. The van der Waals surface area contributed by atoms with Gasteiger partial charge in [-0.2, -0.15) is 0 Å². The summed E-state index contributed by atoms with van der Waals surface area (Å²) >= 11 is 0. The summed E-state index contributed by atoms with van der Waals surface area (Å²) in [5.74, 6) is -1.34. The van der Waals surface area contributed by atoms with Gasteiger partial charge in [-0.05, 0) is 48.5 Å². The van der Waals surface area contributed by atoms with Crippen molar-refractivity contribution >= 4 is 8.53 Å². The van der Waals surface area contributed by atoms with E-state index in [0.717, 1.165) is 6.54 Å². The lowest BCUT2D eigenvalue weighted by molar-refractivity contribution is -0.230. The molecule has 0 saturated carbocycles. The van der Waals surface area contributed by atoms with Crippen LogP contribution in [0.25, 0.3) is 0 Å². The molecule has 4 heterocycles. The Hall–Kier alpha value is 0.110. The average molecular weight is 405 g/mol. The van der Waals surface area contributed by atoms with Gasteiger partial charge in [0.25, 0.3) is 8.53 Å². The molecule has 0 aromatic heterocycles. The fourth-order valence-electron chi connectivity index (χ4n) is 3.93. The molecular weight excluding hydrogens is 373 g/mol. The molecule has 4 aliphatic rings. The standard InChI is InChI=1S/C18H32NO7P/c1-16(2,3)19-8-9-21-27(19)26-13-12(11-10-20-17(4,5)23-11)22-15-14(13)24-18(6,7)25-15/h11-15H,8-10H2,1-7H3/t11-,12+,13-,14+,15-,27?/m0/s1. The van der Waals surface area contributed by atoms with Gasteiger partial charge in [0.1, 0.15) is 24.4 Å². The van der Waals surface area contributed by atoms with Gasteiger partial charge in [-0.3, -0.25) is 0 Å². The summed E-state index contributed by atoms with van der Waals surface area (Å²) in [6.45, 7) is 16.0. The highest BCUT2D eigenvalue weighted by molar-refractivity contribution is 7.44. The van der Waals surface area contributed by atoms with E-state index in [0.29, 0.717) is 13.2 Å². The third-order valence-electron chi connectivity index (χ3n) is 5.11. The van der Waals surface area contributed by atoms with Crippen LogP contribution in [0, 0.1) is 0 Å². The molecule has 0 aliphatic carbocycles. The molecule has 0 bridgehead atoms. The third kappa shape index (κ3) is 4.06. The molecule has 0 N–H and O–H groups in total. The topological polar surface area (TPSA) is 67.9 Å². The smallest absolute Gasteiger partial charge is 0.259 e. The molecule has 0 spiro atoms. The summed E-state index contributed by atoms with van der Waals surface area (Å²) < 4.78 is 44.8. The van der Waals surface area contributed by atoms with Crippen LogP contribution in [0.3, 0.4) is 0 Å². The van der Waals surface area contributed by atoms with E-state index in [2.05, 4.69) is 25.4 Å². The van der Waals surface area contributed by atoms with Gasteiger partial charge in [-0.15, -0.1) is 0 Å². The van der Waals surface area contributed by atoms with Gasteiger partial charge in [0.2, 0.25) is 0 Å². The maximum absolute atomic E-state index is 6.51. The van der Waals surface area contributed by atoms with E-state index in [1.54, 1.807) is 0 Å². The van der Waals surface area contributed by atoms with E-state index in [-0.39, 0.29) is 30.0 Å². The Morgan fingerprint density at radius 1 is 1.00 bits per heavy atom. The van der Waals surface area contributed by atoms with E-state index < -0.39 is 26.4 Å². The van der Waals surface area contributed by atoms with Crippen LogP contribution in [-0.4, -0.2) is 72.2 Å². The number of fused-ring (bicyclic) bond motifs is 1. The van der Waals surface area contributed by atoms with Gasteiger partial charge in [0, 0.05) is 12.1 Å². The minimum absolute atomic E-state index is 0.0438. The van der Waals surface area contributed by atoms with Gasteiger partial charge in [0.15, 0.2) is 17.9 Å². The largest absolute Gasteiger partial charge is 0.348 e. The Morgan fingerprint density at radius 2 is 1.74 bits per heavy atom. The minimum Gasteiger partial charge on any atom is -0.348 e. The highest BCUT2D eigenvalue weighted by atomic mass is 31.2. The fourth-order valence-corrected chi connectivity index (χ4v) is 5.66. The molecule has 0 amide bonds. The van der Waals surface area contributed by atoms with Crippen molar-refractivity contribution < 1.29 is 32.7 Å². The van der Waals surface area contributed by atoms with E-state index in [4.69, 9.17) is 32.7 Å². The van der Waals surface area contributed by atoms with Gasteiger partial charge in [-0.25, -0.2) is 4.67 Å². The van der Waals surface area contributed by atoms with Crippen LogP contribution >= 0.6 is 8.53 Å². The van der Waals surface area contributed by atoms with Gasteiger partial charge in [-0.1, -0.05) is 0 Å². The number of nitrogens with zero attached hydrogens (tertiary/aromatic N) is 1. The van der Waals surface area contributed by atoms with Crippen molar-refractivity contribution in [1.82, 2.24) is 4.67 Å². The molecule has 4 rings (SSSR count). The predicted molar refractivity (Wildman–Crippen MR) is 97.8 cm³/mol. The Balaban J connectivity index is 1.54. The summed E-state index contributed by atoms with van der Waals surface area (Å²) in [6, 6.07) is 0. The van der Waals surface area contributed by atoms with E-state index >= 15 is 0 Å². The zero-order valence-electron chi connectivity index (χ0n) is 17.3. The first-order valence-corrected chi connectivity index (χ1v) is 10.8. The number of ether oxygens (including phenoxy) is 5. The highest BCUT2D eigenvalue weighted by Gasteiger charge is 2.60. The molecule has 4 fully saturated rings. The van der Waals surface area contributed by atoms with Crippen molar-refractivity contribution in [3.8, 4) is 0 Å². The lowest BCUT2D eigenvalue weighted by Crippen LogP contribution is -2.44. The molecule has 27 heavy (non-hydrogen) atoms.